The van der Waals surface area contributed by atoms with Crippen molar-refractivity contribution in [2.24, 2.45) is 10.9 Å². The van der Waals surface area contributed by atoms with Gasteiger partial charge >= 0.3 is 0 Å². The average Bonchev–Trinajstić information content (AvgIpc) is 3.23. The molecule has 2 fully saturated rings. The number of hydrogen-bond donors (Lipinski definition) is 2. The molecular formula is C19H28BrN3O2S. The molecule has 1 aliphatic carbocycles. The van der Waals surface area contributed by atoms with Crippen LogP contribution < -0.4 is 10.6 Å². The lowest BCUT2D eigenvalue weighted by Crippen LogP contribution is -2.46. The van der Waals surface area contributed by atoms with Crippen LogP contribution in [0.25, 0.3) is 0 Å². The van der Waals surface area contributed by atoms with Gasteiger partial charge in [-0.15, -0.1) is 0 Å². The SMILES string of the molecule is CN=C(NCC1CCS(=O)(=O)C1)NCC1(c2ccc(Br)cc2)CCCC1. The van der Waals surface area contributed by atoms with E-state index in [0.717, 1.165) is 23.4 Å². The van der Waals surface area contributed by atoms with Crippen LogP contribution in [0.1, 0.15) is 37.7 Å². The van der Waals surface area contributed by atoms with Gasteiger partial charge in [0, 0.05) is 30.0 Å². The summed E-state index contributed by atoms with van der Waals surface area (Å²) in [5.41, 5.74) is 1.53. The van der Waals surface area contributed by atoms with E-state index in [4.69, 9.17) is 0 Å². The van der Waals surface area contributed by atoms with E-state index in [1.165, 1.54) is 31.2 Å². The molecule has 2 aliphatic rings. The van der Waals surface area contributed by atoms with E-state index >= 15 is 0 Å². The molecule has 1 aromatic rings. The number of nitrogens with one attached hydrogen (secondary N) is 2. The second kappa shape index (κ2) is 8.30. The highest BCUT2D eigenvalue weighted by Gasteiger charge is 2.35. The Morgan fingerprint density at radius 3 is 2.50 bits per heavy atom. The maximum Gasteiger partial charge on any atom is 0.191 e. The average molecular weight is 442 g/mol. The lowest BCUT2D eigenvalue weighted by molar-refractivity contribution is 0.430. The third-order valence-electron chi connectivity index (χ3n) is 5.72. The van der Waals surface area contributed by atoms with Gasteiger partial charge in [0.25, 0.3) is 0 Å². The number of guanidine groups is 1. The van der Waals surface area contributed by atoms with Gasteiger partial charge in [0.15, 0.2) is 15.8 Å². The van der Waals surface area contributed by atoms with Crippen LogP contribution in [-0.4, -0.2) is 46.0 Å². The molecule has 0 radical (unpaired) electrons. The van der Waals surface area contributed by atoms with Gasteiger partial charge in [0.05, 0.1) is 11.5 Å². The molecule has 1 saturated heterocycles. The Bertz CT molecular complexity index is 741. The van der Waals surface area contributed by atoms with Crippen LogP contribution in [-0.2, 0) is 15.3 Å². The van der Waals surface area contributed by atoms with E-state index in [0.29, 0.717) is 18.1 Å². The Morgan fingerprint density at radius 1 is 1.23 bits per heavy atom. The summed E-state index contributed by atoms with van der Waals surface area (Å²) >= 11 is 3.52. The molecule has 26 heavy (non-hydrogen) atoms. The monoisotopic (exact) mass is 441 g/mol. The van der Waals surface area contributed by atoms with Gasteiger partial charge in [-0.1, -0.05) is 40.9 Å². The number of hydrogen-bond acceptors (Lipinski definition) is 3. The van der Waals surface area contributed by atoms with Crippen LogP contribution in [0.3, 0.4) is 0 Å². The number of aliphatic imine (C=N–C) groups is 1. The fourth-order valence-electron chi connectivity index (χ4n) is 4.17. The molecule has 0 amide bonds. The first-order valence-corrected chi connectivity index (χ1v) is 11.9. The van der Waals surface area contributed by atoms with Crippen molar-refractivity contribution in [1.29, 1.82) is 0 Å². The van der Waals surface area contributed by atoms with Crippen molar-refractivity contribution in [1.82, 2.24) is 10.6 Å². The Balaban J connectivity index is 1.58. The Kier molecular flexibility index (Phi) is 6.28. The molecule has 3 rings (SSSR count). The molecule has 1 unspecified atom stereocenters. The Morgan fingerprint density at radius 2 is 1.92 bits per heavy atom. The lowest BCUT2D eigenvalue weighted by Gasteiger charge is -2.31. The zero-order valence-corrected chi connectivity index (χ0v) is 17.7. The zero-order chi connectivity index (χ0) is 18.6. The summed E-state index contributed by atoms with van der Waals surface area (Å²) in [7, 11) is -1.06. The summed E-state index contributed by atoms with van der Waals surface area (Å²) in [4.78, 5) is 4.32. The van der Waals surface area contributed by atoms with Crippen LogP contribution in [0.15, 0.2) is 33.7 Å². The summed E-state index contributed by atoms with van der Waals surface area (Å²) in [6.45, 7) is 1.50. The molecule has 2 N–H and O–H groups in total. The molecule has 0 spiro atoms. The molecule has 1 heterocycles. The van der Waals surface area contributed by atoms with Gasteiger partial charge in [-0.2, -0.15) is 0 Å². The predicted octanol–water partition coefficient (Wildman–Crippen LogP) is 2.86. The van der Waals surface area contributed by atoms with Crippen molar-refractivity contribution >= 4 is 31.7 Å². The van der Waals surface area contributed by atoms with E-state index in [9.17, 15) is 8.42 Å². The largest absolute Gasteiger partial charge is 0.356 e. The van der Waals surface area contributed by atoms with Gasteiger partial charge < -0.3 is 10.6 Å². The van der Waals surface area contributed by atoms with Gasteiger partial charge in [-0.25, -0.2) is 8.42 Å². The first-order valence-electron chi connectivity index (χ1n) is 9.33. The summed E-state index contributed by atoms with van der Waals surface area (Å²) in [6.07, 6.45) is 5.61. The van der Waals surface area contributed by atoms with E-state index in [1.54, 1.807) is 7.05 Å². The molecule has 7 heteroatoms. The minimum Gasteiger partial charge on any atom is -0.356 e. The molecule has 1 atom stereocenters. The summed E-state index contributed by atoms with van der Waals surface area (Å²) < 4.78 is 24.3. The van der Waals surface area contributed by atoms with Gasteiger partial charge in [0.2, 0.25) is 0 Å². The van der Waals surface area contributed by atoms with Crippen LogP contribution in [0.4, 0.5) is 0 Å². The number of nitrogens with zero attached hydrogens (tertiary/aromatic N) is 1. The Labute approximate surface area is 165 Å². The van der Waals surface area contributed by atoms with Crippen molar-refractivity contribution < 1.29 is 8.42 Å². The van der Waals surface area contributed by atoms with Crippen molar-refractivity contribution in [3.05, 3.63) is 34.3 Å². The number of sulfone groups is 1. The fourth-order valence-corrected chi connectivity index (χ4v) is 6.30. The predicted molar refractivity (Wildman–Crippen MR) is 110 cm³/mol. The highest BCUT2D eigenvalue weighted by molar-refractivity contribution is 9.10. The minimum atomic E-state index is -2.83. The van der Waals surface area contributed by atoms with E-state index in [-0.39, 0.29) is 11.3 Å². The molecule has 0 bridgehead atoms. The maximum atomic E-state index is 11.6. The highest BCUT2D eigenvalue weighted by Crippen LogP contribution is 2.40. The molecule has 1 aromatic carbocycles. The molecule has 5 nitrogen and oxygen atoms in total. The van der Waals surface area contributed by atoms with Crippen molar-refractivity contribution in [2.45, 2.75) is 37.5 Å². The highest BCUT2D eigenvalue weighted by atomic mass is 79.9. The standard InChI is InChI=1S/C19H28BrN3O2S/c1-21-18(22-12-15-8-11-26(24,25)13-15)23-14-19(9-2-3-10-19)16-4-6-17(20)7-5-16/h4-7,15H,2-3,8-14H2,1H3,(H2,21,22,23). The van der Waals surface area contributed by atoms with Crippen molar-refractivity contribution in [3.8, 4) is 0 Å². The van der Waals surface area contributed by atoms with Crippen LogP contribution in [0.2, 0.25) is 0 Å². The second-order valence-corrected chi connectivity index (χ2v) is 10.7. The van der Waals surface area contributed by atoms with Crippen LogP contribution >= 0.6 is 15.9 Å². The fraction of sp³-hybridized carbons (Fsp3) is 0.632. The number of benzene rings is 1. The normalized spacial score (nSPS) is 24.5. The molecular weight excluding hydrogens is 414 g/mol. The molecule has 144 valence electrons. The van der Waals surface area contributed by atoms with E-state index < -0.39 is 9.84 Å². The summed E-state index contributed by atoms with van der Waals surface area (Å²) in [5.74, 6) is 1.56. The smallest absolute Gasteiger partial charge is 0.191 e. The first-order chi connectivity index (χ1) is 12.4. The summed E-state index contributed by atoms with van der Waals surface area (Å²) in [6, 6.07) is 8.67. The topological polar surface area (TPSA) is 70.6 Å². The van der Waals surface area contributed by atoms with E-state index in [2.05, 4.69) is 55.8 Å². The minimum absolute atomic E-state index is 0.148. The third-order valence-corrected chi connectivity index (χ3v) is 8.09. The molecule has 1 aliphatic heterocycles. The van der Waals surface area contributed by atoms with Crippen LogP contribution in [0.5, 0.6) is 0 Å². The summed E-state index contributed by atoms with van der Waals surface area (Å²) in [5, 5.41) is 6.81. The van der Waals surface area contributed by atoms with Gasteiger partial charge in [-0.3, -0.25) is 4.99 Å². The van der Waals surface area contributed by atoms with Crippen molar-refractivity contribution in [3.63, 3.8) is 0 Å². The first kappa shape index (κ1) is 19.7. The number of rotatable bonds is 5. The maximum absolute atomic E-state index is 11.6. The van der Waals surface area contributed by atoms with Crippen LogP contribution in [0, 0.1) is 5.92 Å². The quantitative estimate of drug-likeness (QED) is 0.544. The lowest BCUT2D eigenvalue weighted by atomic mass is 9.79. The number of halogens is 1. The Hall–Kier alpha value is -1.08. The molecule has 1 saturated carbocycles. The van der Waals surface area contributed by atoms with Crippen molar-refractivity contribution in [2.75, 3.05) is 31.6 Å². The zero-order valence-electron chi connectivity index (χ0n) is 15.3. The van der Waals surface area contributed by atoms with Gasteiger partial charge in [-0.05, 0) is 42.9 Å². The van der Waals surface area contributed by atoms with Gasteiger partial charge in [0.1, 0.15) is 0 Å². The third kappa shape index (κ3) is 4.80. The second-order valence-electron chi connectivity index (χ2n) is 7.57. The molecule has 0 aromatic heterocycles. The van der Waals surface area contributed by atoms with E-state index in [1.807, 2.05) is 0 Å².